The largest absolute Gasteiger partial charge is 0.497 e. The van der Waals surface area contributed by atoms with E-state index in [1.807, 2.05) is 24.3 Å². The molecule has 0 fully saturated rings. The molecule has 0 saturated heterocycles. The van der Waals surface area contributed by atoms with E-state index in [1.54, 1.807) is 24.6 Å². The number of fused-ring (bicyclic) bond motifs is 3. The average molecular weight is 428 g/mol. The number of amides is 2. The van der Waals surface area contributed by atoms with Crippen molar-refractivity contribution in [3.63, 3.8) is 0 Å². The Balaban J connectivity index is 1.41. The third-order valence-electron chi connectivity index (χ3n) is 4.56. The van der Waals surface area contributed by atoms with E-state index in [9.17, 15) is 14.4 Å². The minimum absolute atomic E-state index is 0.422. The lowest BCUT2D eigenvalue weighted by molar-refractivity contribution is -0.123. The van der Waals surface area contributed by atoms with Crippen LogP contribution in [0.5, 0.6) is 5.75 Å². The number of thiophene rings is 2. The molecule has 0 aliphatic heterocycles. The number of aryl methyl sites for hydroxylation is 2. The Morgan fingerprint density at radius 1 is 1.07 bits per heavy atom. The molecule has 1 aliphatic carbocycles. The molecule has 0 bridgehead atoms. The molecule has 1 N–H and O–H groups in total. The van der Waals surface area contributed by atoms with Gasteiger partial charge in [-0.2, -0.15) is 0 Å². The first-order valence-corrected chi connectivity index (χ1v) is 10.6. The van der Waals surface area contributed by atoms with Gasteiger partial charge in [-0.05, 0) is 65.2 Å². The van der Waals surface area contributed by atoms with E-state index in [1.165, 1.54) is 28.2 Å². The van der Waals surface area contributed by atoms with Crippen molar-refractivity contribution in [2.24, 2.45) is 0 Å². The number of nitrogens with one attached hydrogen (secondary N) is 1. The molecule has 2 amide bonds. The molecule has 1 aliphatic rings. The Labute approximate surface area is 175 Å². The van der Waals surface area contributed by atoms with E-state index in [-0.39, 0.29) is 0 Å². The molecule has 1 aromatic carbocycles. The highest BCUT2D eigenvalue weighted by molar-refractivity contribution is 7.17. The van der Waals surface area contributed by atoms with Gasteiger partial charge in [0.05, 0.1) is 12.0 Å². The van der Waals surface area contributed by atoms with Crippen molar-refractivity contribution >= 4 is 40.5 Å². The molecule has 3 aromatic rings. The number of hydrogen-bond donors (Lipinski definition) is 1. The van der Waals surface area contributed by atoms with Crippen molar-refractivity contribution in [1.29, 1.82) is 0 Å². The molecule has 0 saturated carbocycles. The summed E-state index contributed by atoms with van der Waals surface area (Å²) in [6.07, 6.45) is 1.70. The predicted octanol–water partition coefficient (Wildman–Crippen LogP) is 3.70. The maximum atomic E-state index is 12.4. The highest BCUT2D eigenvalue weighted by atomic mass is 32.1. The van der Waals surface area contributed by atoms with Gasteiger partial charge < -0.3 is 9.47 Å². The van der Waals surface area contributed by atoms with E-state index < -0.39 is 24.4 Å². The summed E-state index contributed by atoms with van der Waals surface area (Å²) in [5.74, 6) is -0.917. The minimum Gasteiger partial charge on any atom is -0.497 e. The molecule has 2 aromatic heterocycles. The maximum absolute atomic E-state index is 12.4. The number of esters is 1. The van der Waals surface area contributed by atoms with E-state index in [0.29, 0.717) is 9.75 Å². The second-order valence-corrected chi connectivity index (χ2v) is 8.42. The van der Waals surface area contributed by atoms with Crippen LogP contribution >= 0.6 is 22.7 Å². The van der Waals surface area contributed by atoms with Crippen LogP contribution in [0.25, 0.3) is 10.4 Å². The fourth-order valence-corrected chi connectivity index (χ4v) is 4.96. The van der Waals surface area contributed by atoms with Gasteiger partial charge in [0.2, 0.25) is 0 Å². The summed E-state index contributed by atoms with van der Waals surface area (Å²) < 4.78 is 10.4. The van der Waals surface area contributed by atoms with E-state index in [0.717, 1.165) is 34.6 Å². The van der Waals surface area contributed by atoms with Crippen LogP contribution in [0.4, 0.5) is 0 Å². The van der Waals surface area contributed by atoms with Crippen molar-refractivity contribution in [3.05, 3.63) is 62.7 Å². The van der Waals surface area contributed by atoms with Crippen molar-refractivity contribution in [3.8, 4) is 16.2 Å². The second kappa shape index (κ2) is 8.18. The fourth-order valence-electron chi connectivity index (χ4n) is 3.17. The molecule has 0 atom stereocenters. The molecule has 4 rings (SSSR count). The number of rotatable bonds is 5. The molecule has 0 unspecified atom stereocenters. The topological polar surface area (TPSA) is 81.7 Å². The Morgan fingerprint density at radius 2 is 1.90 bits per heavy atom. The lowest BCUT2D eigenvalue weighted by atomic mass is 9.91. The van der Waals surface area contributed by atoms with Gasteiger partial charge in [-0.1, -0.05) is 6.07 Å². The summed E-state index contributed by atoms with van der Waals surface area (Å²) in [5.41, 5.74) is 3.37. The molecule has 0 radical (unpaired) electrons. The smallest absolute Gasteiger partial charge is 0.348 e. The lowest BCUT2D eigenvalue weighted by Gasteiger charge is -2.16. The Kier molecular flexibility index (Phi) is 5.46. The first-order valence-electron chi connectivity index (χ1n) is 8.90. The van der Waals surface area contributed by atoms with Crippen LogP contribution in [0, 0.1) is 0 Å². The van der Waals surface area contributed by atoms with Crippen molar-refractivity contribution < 1.29 is 23.9 Å². The van der Waals surface area contributed by atoms with Crippen LogP contribution in [-0.4, -0.2) is 31.5 Å². The summed E-state index contributed by atoms with van der Waals surface area (Å²) in [7, 11) is 1.64. The van der Waals surface area contributed by atoms with E-state index in [2.05, 4.69) is 5.32 Å². The molecule has 29 heavy (non-hydrogen) atoms. The normalized spacial score (nSPS) is 11.9. The second-order valence-electron chi connectivity index (χ2n) is 6.42. The van der Waals surface area contributed by atoms with Crippen LogP contribution in [0.1, 0.15) is 30.5 Å². The minimum atomic E-state index is -0.657. The molecule has 0 spiro atoms. The van der Waals surface area contributed by atoms with Gasteiger partial charge in [0.15, 0.2) is 6.61 Å². The standard InChI is InChI=1S/C21H17NO5S2/c1-26-14-6-7-15-12(9-14)4-5-13-10-17(29-19(13)15)21(25)27-11-18(23)22-20(24)16-3-2-8-28-16/h2-3,6-10H,4-5,11H2,1H3,(H,22,23,24). The SMILES string of the molecule is COc1ccc2c(c1)CCc1cc(C(=O)OCC(=O)NC(=O)c3cccs3)sc1-2. The first kappa shape index (κ1) is 19.4. The first-order chi connectivity index (χ1) is 14.0. The highest BCUT2D eigenvalue weighted by Gasteiger charge is 2.23. The summed E-state index contributed by atoms with van der Waals surface area (Å²) in [6.45, 7) is -0.508. The monoisotopic (exact) mass is 427 g/mol. The molecule has 148 valence electrons. The van der Waals surface area contributed by atoms with Crippen LogP contribution in [0.2, 0.25) is 0 Å². The number of carbonyl (C=O) groups is 3. The summed E-state index contributed by atoms with van der Waals surface area (Å²) in [4.78, 5) is 38.0. The van der Waals surface area contributed by atoms with Gasteiger partial charge in [0.25, 0.3) is 11.8 Å². The van der Waals surface area contributed by atoms with Gasteiger partial charge in [0.1, 0.15) is 10.6 Å². The van der Waals surface area contributed by atoms with Gasteiger partial charge in [-0.15, -0.1) is 22.7 Å². The number of benzene rings is 1. The van der Waals surface area contributed by atoms with Gasteiger partial charge in [0, 0.05) is 4.88 Å². The summed E-state index contributed by atoms with van der Waals surface area (Å²) >= 11 is 2.58. The Bertz CT molecular complexity index is 1080. The maximum Gasteiger partial charge on any atom is 0.348 e. The quantitative estimate of drug-likeness (QED) is 0.628. The molecular formula is C21H17NO5S2. The molecule has 6 nitrogen and oxygen atoms in total. The number of methoxy groups -OCH3 is 1. The van der Waals surface area contributed by atoms with Crippen LogP contribution in [-0.2, 0) is 22.4 Å². The van der Waals surface area contributed by atoms with E-state index in [4.69, 9.17) is 9.47 Å². The fraction of sp³-hybridized carbons (Fsp3) is 0.190. The third kappa shape index (κ3) is 4.08. The van der Waals surface area contributed by atoms with Crippen LogP contribution < -0.4 is 10.1 Å². The zero-order valence-corrected chi connectivity index (χ0v) is 17.2. The molecule has 8 heteroatoms. The predicted molar refractivity (Wildman–Crippen MR) is 111 cm³/mol. The third-order valence-corrected chi connectivity index (χ3v) is 6.62. The van der Waals surface area contributed by atoms with Gasteiger partial charge in [-0.3, -0.25) is 14.9 Å². The highest BCUT2D eigenvalue weighted by Crippen LogP contribution is 2.40. The van der Waals surface area contributed by atoms with Crippen molar-refractivity contribution in [1.82, 2.24) is 5.32 Å². The number of ether oxygens (including phenoxy) is 2. The zero-order valence-electron chi connectivity index (χ0n) is 15.5. The molecule has 2 heterocycles. The van der Waals surface area contributed by atoms with Gasteiger partial charge in [-0.25, -0.2) is 4.79 Å². The summed E-state index contributed by atoms with van der Waals surface area (Å²) in [5, 5.41) is 3.95. The lowest BCUT2D eigenvalue weighted by Crippen LogP contribution is -2.33. The number of hydrogen-bond acceptors (Lipinski definition) is 7. The Hall–Kier alpha value is -2.97. The van der Waals surface area contributed by atoms with Crippen LogP contribution in [0.15, 0.2) is 41.8 Å². The van der Waals surface area contributed by atoms with Gasteiger partial charge >= 0.3 is 5.97 Å². The van der Waals surface area contributed by atoms with E-state index >= 15 is 0 Å². The average Bonchev–Trinajstić information content (AvgIpc) is 3.41. The number of imide groups is 1. The van der Waals surface area contributed by atoms with Crippen molar-refractivity contribution in [2.45, 2.75) is 12.8 Å². The Morgan fingerprint density at radius 3 is 2.66 bits per heavy atom. The number of carbonyl (C=O) groups excluding carboxylic acids is 3. The molecular weight excluding hydrogens is 410 g/mol. The van der Waals surface area contributed by atoms with Crippen LogP contribution in [0.3, 0.4) is 0 Å². The summed E-state index contributed by atoms with van der Waals surface area (Å²) in [6, 6.07) is 11.1. The van der Waals surface area contributed by atoms with Crippen molar-refractivity contribution in [2.75, 3.05) is 13.7 Å². The zero-order chi connectivity index (χ0) is 20.4.